The lowest BCUT2D eigenvalue weighted by Crippen LogP contribution is -2.37. The molecule has 0 saturated heterocycles. The summed E-state index contributed by atoms with van der Waals surface area (Å²) in [5.74, 6) is -1.18. The lowest BCUT2D eigenvalue weighted by Gasteiger charge is -2.25. The van der Waals surface area contributed by atoms with Crippen molar-refractivity contribution >= 4 is 11.8 Å². The van der Waals surface area contributed by atoms with Gasteiger partial charge in [-0.1, -0.05) is 20.8 Å². The van der Waals surface area contributed by atoms with Crippen LogP contribution in [0.5, 0.6) is 0 Å². The van der Waals surface area contributed by atoms with Crippen molar-refractivity contribution in [3.05, 3.63) is 0 Å². The standard InChI is InChI=1S/C10H19NO3/c1-4-10(3,5-2)8(12)6-7(11)9(13)14/h7H,4-6,11H2,1-3H3,(H,13,14). The van der Waals surface area contributed by atoms with Crippen molar-refractivity contribution in [2.24, 2.45) is 11.1 Å². The van der Waals surface area contributed by atoms with Gasteiger partial charge in [0.2, 0.25) is 0 Å². The van der Waals surface area contributed by atoms with Crippen LogP contribution in [-0.4, -0.2) is 22.9 Å². The average molecular weight is 201 g/mol. The first-order valence-electron chi connectivity index (χ1n) is 4.89. The summed E-state index contributed by atoms with van der Waals surface area (Å²) in [4.78, 5) is 22.2. The fraction of sp³-hybridized carbons (Fsp3) is 0.800. The number of hydrogen-bond donors (Lipinski definition) is 2. The van der Waals surface area contributed by atoms with Crippen molar-refractivity contribution in [2.75, 3.05) is 0 Å². The first-order chi connectivity index (χ1) is 6.37. The van der Waals surface area contributed by atoms with Gasteiger partial charge in [-0.05, 0) is 12.8 Å². The van der Waals surface area contributed by atoms with E-state index in [2.05, 4.69) is 0 Å². The molecule has 82 valence electrons. The van der Waals surface area contributed by atoms with E-state index in [0.29, 0.717) is 12.8 Å². The molecule has 0 spiro atoms. The van der Waals surface area contributed by atoms with Gasteiger partial charge in [-0.15, -0.1) is 0 Å². The van der Waals surface area contributed by atoms with Crippen LogP contribution >= 0.6 is 0 Å². The summed E-state index contributed by atoms with van der Waals surface area (Å²) in [6.07, 6.45) is 1.36. The highest BCUT2D eigenvalue weighted by molar-refractivity contribution is 5.89. The number of carboxylic acids is 1. The predicted molar refractivity (Wildman–Crippen MR) is 53.9 cm³/mol. The molecule has 0 fully saturated rings. The van der Waals surface area contributed by atoms with E-state index in [1.165, 1.54) is 0 Å². The molecule has 14 heavy (non-hydrogen) atoms. The molecule has 1 unspecified atom stereocenters. The Hall–Kier alpha value is -0.900. The Labute approximate surface area is 84.5 Å². The zero-order valence-electron chi connectivity index (χ0n) is 9.04. The lowest BCUT2D eigenvalue weighted by atomic mass is 9.78. The summed E-state index contributed by atoms with van der Waals surface area (Å²) in [6, 6.07) is -1.07. The molecule has 1 atom stereocenters. The molecule has 0 aliphatic rings. The minimum Gasteiger partial charge on any atom is -0.480 e. The third-order valence-electron chi connectivity index (χ3n) is 2.96. The van der Waals surface area contributed by atoms with Gasteiger partial charge in [0.05, 0.1) is 0 Å². The highest BCUT2D eigenvalue weighted by Gasteiger charge is 2.31. The highest BCUT2D eigenvalue weighted by Crippen LogP contribution is 2.28. The Morgan fingerprint density at radius 3 is 2.07 bits per heavy atom. The van der Waals surface area contributed by atoms with Gasteiger partial charge in [0, 0.05) is 11.8 Å². The van der Waals surface area contributed by atoms with Crippen LogP contribution in [0.2, 0.25) is 0 Å². The summed E-state index contributed by atoms with van der Waals surface area (Å²) in [6.45, 7) is 5.70. The minimum atomic E-state index is -1.12. The van der Waals surface area contributed by atoms with Gasteiger partial charge in [0.25, 0.3) is 0 Å². The first-order valence-corrected chi connectivity index (χ1v) is 4.89. The number of rotatable bonds is 6. The highest BCUT2D eigenvalue weighted by atomic mass is 16.4. The molecule has 4 heteroatoms. The number of Topliss-reactive ketones (excluding diaryl/α,β-unsaturated/α-hetero) is 1. The van der Waals surface area contributed by atoms with Crippen LogP contribution in [0, 0.1) is 5.41 Å². The monoisotopic (exact) mass is 201 g/mol. The molecular weight excluding hydrogens is 182 g/mol. The largest absolute Gasteiger partial charge is 0.480 e. The Morgan fingerprint density at radius 1 is 1.36 bits per heavy atom. The van der Waals surface area contributed by atoms with E-state index in [4.69, 9.17) is 10.8 Å². The van der Waals surface area contributed by atoms with Crippen molar-refractivity contribution in [2.45, 2.75) is 46.1 Å². The number of hydrogen-bond acceptors (Lipinski definition) is 3. The molecule has 0 saturated carbocycles. The SMILES string of the molecule is CCC(C)(CC)C(=O)CC(N)C(=O)O. The zero-order chi connectivity index (χ0) is 11.4. The number of carbonyl (C=O) groups is 2. The van der Waals surface area contributed by atoms with E-state index >= 15 is 0 Å². The van der Waals surface area contributed by atoms with Crippen LogP contribution in [0.3, 0.4) is 0 Å². The van der Waals surface area contributed by atoms with E-state index in [1.54, 1.807) is 0 Å². The molecule has 0 aliphatic heterocycles. The molecule has 0 amide bonds. The Balaban J connectivity index is 4.40. The molecule has 0 aromatic rings. The number of aliphatic carboxylic acids is 1. The Morgan fingerprint density at radius 2 is 1.79 bits per heavy atom. The van der Waals surface area contributed by atoms with Crippen LogP contribution in [0.1, 0.15) is 40.0 Å². The summed E-state index contributed by atoms with van der Waals surface area (Å²) in [5.41, 5.74) is 4.88. The lowest BCUT2D eigenvalue weighted by molar-refractivity contribution is -0.141. The van der Waals surface area contributed by atoms with Gasteiger partial charge < -0.3 is 10.8 Å². The molecule has 0 radical (unpaired) electrons. The van der Waals surface area contributed by atoms with Gasteiger partial charge in [0.1, 0.15) is 11.8 Å². The van der Waals surface area contributed by atoms with Crippen molar-refractivity contribution in [3.8, 4) is 0 Å². The van der Waals surface area contributed by atoms with Crippen LogP contribution in [0.25, 0.3) is 0 Å². The third kappa shape index (κ3) is 3.10. The van der Waals surface area contributed by atoms with E-state index in [1.807, 2.05) is 20.8 Å². The predicted octanol–water partition coefficient (Wildman–Crippen LogP) is 1.18. The summed E-state index contributed by atoms with van der Waals surface area (Å²) in [7, 11) is 0. The number of carboxylic acid groups (broad SMARTS) is 1. The van der Waals surface area contributed by atoms with Gasteiger partial charge >= 0.3 is 5.97 Å². The maximum atomic E-state index is 11.7. The molecule has 4 nitrogen and oxygen atoms in total. The fourth-order valence-electron chi connectivity index (χ4n) is 1.18. The van der Waals surface area contributed by atoms with Crippen molar-refractivity contribution < 1.29 is 14.7 Å². The van der Waals surface area contributed by atoms with Crippen LogP contribution < -0.4 is 5.73 Å². The molecule has 0 bridgehead atoms. The van der Waals surface area contributed by atoms with Gasteiger partial charge in [-0.2, -0.15) is 0 Å². The van der Waals surface area contributed by atoms with Gasteiger partial charge in [0.15, 0.2) is 0 Å². The molecular formula is C10H19NO3. The normalized spacial score (nSPS) is 13.7. The van der Waals surface area contributed by atoms with Crippen LogP contribution in [-0.2, 0) is 9.59 Å². The fourth-order valence-corrected chi connectivity index (χ4v) is 1.18. The Bertz CT molecular complexity index is 221. The number of carbonyl (C=O) groups excluding carboxylic acids is 1. The Kier molecular flexibility index (Phi) is 4.77. The first kappa shape index (κ1) is 13.1. The molecule has 0 aromatic heterocycles. The smallest absolute Gasteiger partial charge is 0.320 e. The average Bonchev–Trinajstić information content (AvgIpc) is 2.16. The zero-order valence-corrected chi connectivity index (χ0v) is 9.04. The van der Waals surface area contributed by atoms with Gasteiger partial charge in [-0.25, -0.2) is 0 Å². The van der Waals surface area contributed by atoms with Crippen molar-refractivity contribution in [3.63, 3.8) is 0 Å². The van der Waals surface area contributed by atoms with Crippen molar-refractivity contribution in [1.29, 1.82) is 0 Å². The van der Waals surface area contributed by atoms with E-state index in [0.717, 1.165) is 0 Å². The topological polar surface area (TPSA) is 80.4 Å². The molecule has 3 N–H and O–H groups in total. The molecule has 0 aliphatic carbocycles. The second-order valence-corrected chi connectivity index (χ2v) is 3.84. The van der Waals surface area contributed by atoms with Crippen molar-refractivity contribution in [1.82, 2.24) is 0 Å². The quantitative estimate of drug-likeness (QED) is 0.676. The number of nitrogens with two attached hydrogens (primary N) is 1. The van der Waals surface area contributed by atoms with E-state index in [-0.39, 0.29) is 12.2 Å². The second kappa shape index (κ2) is 5.10. The molecule has 0 aromatic carbocycles. The third-order valence-corrected chi connectivity index (χ3v) is 2.96. The summed E-state index contributed by atoms with van der Waals surface area (Å²) in [5, 5.41) is 8.56. The van der Waals surface area contributed by atoms with Gasteiger partial charge in [-0.3, -0.25) is 9.59 Å². The minimum absolute atomic E-state index is 0.0580. The van der Waals surface area contributed by atoms with E-state index in [9.17, 15) is 9.59 Å². The molecule has 0 heterocycles. The molecule has 0 rings (SSSR count). The van der Waals surface area contributed by atoms with Crippen LogP contribution in [0.15, 0.2) is 0 Å². The van der Waals surface area contributed by atoms with E-state index < -0.39 is 17.4 Å². The second-order valence-electron chi connectivity index (χ2n) is 3.84. The maximum absolute atomic E-state index is 11.7. The maximum Gasteiger partial charge on any atom is 0.320 e. The van der Waals surface area contributed by atoms with Crippen LogP contribution in [0.4, 0.5) is 0 Å². The number of ketones is 1. The summed E-state index contributed by atoms with van der Waals surface area (Å²) < 4.78 is 0. The summed E-state index contributed by atoms with van der Waals surface area (Å²) >= 11 is 0.